The van der Waals surface area contributed by atoms with Crippen molar-refractivity contribution < 1.29 is 4.79 Å². The Balaban J connectivity index is 2.73. The Morgan fingerprint density at radius 2 is 2.05 bits per heavy atom. The van der Waals surface area contributed by atoms with E-state index in [0.29, 0.717) is 12.1 Å². The molecular formula is C17H25N3O. The molecule has 114 valence electrons. The minimum atomic E-state index is -0.0801. The maximum Gasteiger partial charge on any atom is 0.252 e. The van der Waals surface area contributed by atoms with Gasteiger partial charge in [0, 0.05) is 18.7 Å². The lowest BCUT2D eigenvalue weighted by Crippen LogP contribution is -2.35. The topological polar surface area (TPSA) is 58.4 Å². The third-order valence-electron chi connectivity index (χ3n) is 3.35. The first-order valence-electron chi connectivity index (χ1n) is 7.42. The van der Waals surface area contributed by atoms with Crippen LogP contribution in [0.1, 0.15) is 35.3 Å². The van der Waals surface area contributed by atoms with E-state index in [2.05, 4.69) is 35.9 Å². The molecule has 0 aliphatic rings. The molecule has 0 saturated heterocycles. The minimum Gasteiger partial charge on any atom is -0.351 e. The normalized spacial score (nSPS) is 10.1. The van der Waals surface area contributed by atoms with E-state index in [1.807, 2.05) is 25.1 Å². The van der Waals surface area contributed by atoms with Gasteiger partial charge >= 0.3 is 0 Å². The lowest BCUT2D eigenvalue weighted by molar-refractivity contribution is 0.0948. The molecule has 1 aromatic carbocycles. The molecule has 0 atom stereocenters. The lowest BCUT2D eigenvalue weighted by atomic mass is 10.0. The molecule has 0 bridgehead atoms. The summed E-state index contributed by atoms with van der Waals surface area (Å²) in [5.74, 6) is 5.70. The van der Waals surface area contributed by atoms with Crippen LogP contribution in [0.25, 0.3) is 0 Å². The van der Waals surface area contributed by atoms with Crippen LogP contribution in [0.3, 0.4) is 0 Å². The summed E-state index contributed by atoms with van der Waals surface area (Å²) in [4.78, 5) is 14.5. The number of amides is 1. The maximum atomic E-state index is 12.3. The van der Waals surface area contributed by atoms with Crippen LogP contribution in [-0.2, 0) is 0 Å². The molecular weight excluding hydrogens is 262 g/mol. The van der Waals surface area contributed by atoms with Crippen molar-refractivity contribution >= 4 is 5.91 Å². The number of benzene rings is 1. The molecule has 0 unspecified atom stereocenters. The highest BCUT2D eigenvalue weighted by Crippen LogP contribution is 2.10. The van der Waals surface area contributed by atoms with Gasteiger partial charge in [0.1, 0.15) is 0 Å². The largest absolute Gasteiger partial charge is 0.351 e. The first-order chi connectivity index (χ1) is 10.1. The summed E-state index contributed by atoms with van der Waals surface area (Å²) in [6.07, 6.45) is 0. The Hall–Kier alpha value is -1.83. The van der Waals surface area contributed by atoms with Crippen molar-refractivity contribution in [2.24, 2.45) is 5.73 Å². The number of nitrogens with zero attached hydrogens (tertiary/aromatic N) is 1. The molecule has 0 aliphatic carbocycles. The summed E-state index contributed by atoms with van der Waals surface area (Å²) in [5, 5.41) is 2.95. The predicted molar refractivity (Wildman–Crippen MR) is 87.2 cm³/mol. The summed E-state index contributed by atoms with van der Waals surface area (Å²) in [5.41, 5.74) is 7.83. The highest BCUT2D eigenvalue weighted by Gasteiger charge is 2.10. The highest BCUT2D eigenvalue weighted by atomic mass is 16.1. The smallest absolute Gasteiger partial charge is 0.252 e. The molecule has 4 nitrogen and oxygen atoms in total. The Labute approximate surface area is 127 Å². The second kappa shape index (κ2) is 9.17. The van der Waals surface area contributed by atoms with E-state index in [4.69, 9.17) is 5.73 Å². The monoisotopic (exact) mass is 287 g/mol. The van der Waals surface area contributed by atoms with Gasteiger partial charge < -0.3 is 16.0 Å². The molecule has 1 amide bonds. The lowest BCUT2D eigenvalue weighted by Gasteiger charge is -2.18. The van der Waals surface area contributed by atoms with E-state index in [0.717, 1.165) is 30.8 Å². The van der Waals surface area contributed by atoms with Crippen LogP contribution >= 0.6 is 0 Å². The fraction of sp³-hybridized carbons (Fsp3) is 0.471. The van der Waals surface area contributed by atoms with Gasteiger partial charge in [0.2, 0.25) is 0 Å². The first kappa shape index (κ1) is 17.2. The zero-order valence-corrected chi connectivity index (χ0v) is 13.2. The van der Waals surface area contributed by atoms with Crippen LogP contribution in [-0.4, -0.2) is 43.5 Å². The van der Waals surface area contributed by atoms with Gasteiger partial charge in [-0.05, 0) is 37.7 Å². The minimum absolute atomic E-state index is 0.0801. The van der Waals surface area contributed by atoms with E-state index >= 15 is 0 Å². The summed E-state index contributed by atoms with van der Waals surface area (Å²) in [6, 6.07) is 5.66. The average Bonchev–Trinajstić information content (AvgIpc) is 2.49. The van der Waals surface area contributed by atoms with Crippen molar-refractivity contribution in [1.29, 1.82) is 0 Å². The van der Waals surface area contributed by atoms with Gasteiger partial charge in [0.25, 0.3) is 5.91 Å². The van der Waals surface area contributed by atoms with Crippen molar-refractivity contribution in [3.8, 4) is 11.8 Å². The van der Waals surface area contributed by atoms with Crippen LogP contribution in [0.15, 0.2) is 18.2 Å². The molecule has 0 fully saturated rings. The molecule has 0 spiro atoms. The van der Waals surface area contributed by atoms with Crippen LogP contribution in [0.2, 0.25) is 0 Å². The van der Waals surface area contributed by atoms with E-state index in [-0.39, 0.29) is 12.5 Å². The molecule has 0 heterocycles. The van der Waals surface area contributed by atoms with Gasteiger partial charge in [-0.1, -0.05) is 31.8 Å². The van der Waals surface area contributed by atoms with E-state index in [1.165, 1.54) is 0 Å². The number of nitrogens with two attached hydrogens (primary N) is 1. The molecule has 0 aliphatic heterocycles. The van der Waals surface area contributed by atoms with Gasteiger partial charge in [-0.3, -0.25) is 4.79 Å². The fourth-order valence-corrected chi connectivity index (χ4v) is 2.07. The Morgan fingerprint density at radius 3 is 2.67 bits per heavy atom. The van der Waals surface area contributed by atoms with Crippen molar-refractivity contribution in [3.05, 3.63) is 34.9 Å². The number of carbonyl (C=O) groups is 1. The third kappa shape index (κ3) is 5.58. The number of nitrogens with one attached hydrogen (secondary N) is 1. The van der Waals surface area contributed by atoms with Crippen molar-refractivity contribution in [2.45, 2.75) is 20.8 Å². The van der Waals surface area contributed by atoms with Crippen LogP contribution in [0, 0.1) is 18.8 Å². The number of carbonyl (C=O) groups excluding carboxylic acids is 1. The molecule has 0 saturated carbocycles. The average molecular weight is 287 g/mol. The molecule has 0 aromatic heterocycles. The second-order valence-electron chi connectivity index (χ2n) is 4.84. The van der Waals surface area contributed by atoms with Gasteiger partial charge in [-0.25, -0.2) is 0 Å². The molecule has 4 heteroatoms. The van der Waals surface area contributed by atoms with Crippen LogP contribution in [0.4, 0.5) is 0 Å². The van der Waals surface area contributed by atoms with E-state index < -0.39 is 0 Å². The van der Waals surface area contributed by atoms with Gasteiger partial charge in [0.05, 0.1) is 12.1 Å². The number of rotatable bonds is 6. The first-order valence-corrected chi connectivity index (χ1v) is 7.42. The number of hydrogen-bond acceptors (Lipinski definition) is 3. The Bertz CT molecular complexity index is 525. The van der Waals surface area contributed by atoms with Gasteiger partial charge in [0.15, 0.2) is 0 Å². The molecule has 21 heavy (non-hydrogen) atoms. The number of likely N-dealkylation sites (N-methyl/N-ethyl adjacent to an activating group) is 1. The standard InChI is InChI=1S/C17H25N3O/c1-4-20(5-2)12-11-19-17(21)16-9-8-14(3)13-15(16)7-6-10-18/h8-9,13H,4-5,10-12,18H2,1-3H3,(H,19,21). The van der Waals surface area contributed by atoms with Crippen LogP contribution in [0.5, 0.6) is 0 Å². The summed E-state index contributed by atoms with van der Waals surface area (Å²) < 4.78 is 0. The van der Waals surface area contributed by atoms with Crippen molar-refractivity contribution in [3.63, 3.8) is 0 Å². The summed E-state index contributed by atoms with van der Waals surface area (Å²) >= 11 is 0. The summed E-state index contributed by atoms with van der Waals surface area (Å²) in [7, 11) is 0. The Morgan fingerprint density at radius 1 is 1.33 bits per heavy atom. The quantitative estimate of drug-likeness (QED) is 0.777. The summed E-state index contributed by atoms with van der Waals surface area (Å²) in [6.45, 7) is 9.98. The zero-order chi connectivity index (χ0) is 15.7. The fourth-order valence-electron chi connectivity index (χ4n) is 2.07. The number of hydrogen-bond donors (Lipinski definition) is 2. The van der Waals surface area contributed by atoms with Gasteiger partial charge in [-0.15, -0.1) is 0 Å². The number of aryl methyl sites for hydroxylation is 1. The van der Waals surface area contributed by atoms with Crippen molar-refractivity contribution in [2.75, 3.05) is 32.7 Å². The maximum absolute atomic E-state index is 12.3. The predicted octanol–water partition coefficient (Wildman–Crippen LogP) is 1.38. The SMILES string of the molecule is CCN(CC)CCNC(=O)c1ccc(C)cc1C#CCN. The molecule has 1 rings (SSSR count). The Kier molecular flexibility index (Phi) is 7.52. The van der Waals surface area contributed by atoms with Crippen molar-refractivity contribution in [1.82, 2.24) is 10.2 Å². The molecule has 1 aromatic rings. The van der Waals surface area contributed by atoms with Gasteiger partial charge in [-0.2, -0.15) is 0 Å². The zero-order valence-electron chi connectivity index (χ0n) is 13.2. The third-order valence-corrected chi connectivity index (χ3v) is 3.35. The molecule has 0 radical (unpaired) electrons. The molecule has 3 N–H and O–H groups in total. The highest BCUT2D eigenvalue weighted by molar-refractivity contribution is 5.96. The van der Waals surface area contributed by atoms with E-state index in [9.17, 15) is 4.79 Å². The van der Waals surface area contributed by atoms with E-state index in [1.54, 1.807) is 0 Å². The van der Waals surface area contributed by atoms with Crippen LogP contribution < -0.4 is 11.1 Å². The second-order valence-corrected chi connectivity index (χ2v) is 4.84.